The average Bonchev–Trinajstić information content (AvgIpc) is 3.31. The molecule has 44 heavy (non-hydrogen) atoms. The van der Waals surface area contributed by atoms with E-state index in [1.54, 1.807) is 0 Å². The van der Waals surface area contributed by atoms with Crippen molar-refractivity contribution in [3.8, 4) is 0 Å². The smallest absolute Gasteiger partial charge is 0.393 e. The molecular formula is C33H47F4NO5S. The fourth-order valence-electron chi connectivity index (χ4n) is 10.6. The molecule has 3 N–H and O–H groups in total. The number of carbonyl (C=O) groups is 1. The molecule has 4 fully saturated rings. The van der Waals surface area contributed by atoms with Gasteiger partial charge in [0.15, 0.2) is 0 Å². The Morgan fingerprint density at radius 3 is 2.25 bits per heavy atom. The number of aliphatic hydroxyl groups is 2. The molecule has 0 aromatic heterocycles. The predicted molar refractivity (Wildman–Crippen MR) is 157 cm³/mol. The summed E-state index contributed by atoms with van der Waals surface area (Å²) in [6.45, 7) is 8.58. The Balaban J connectivity index is 1.25. The van der Waals surface area contributed by atoms with Crippen LogP contribution in [0.5, 0.6) is 0 Å². The molecular weight excluding hydrogens is 598 g/mol. The molecule has 6 nitrogen and oxygen atoms in total. The minimum Gasteiger partial charge on any atom is -0.393 e. The third-order valence-corrected chi connectivity index (χ3v) is 14.1. The topological polar surface area (TPSA) is 104 Å². The second-order valence-electron chi connectivity index (χ2n) is 14.7. The molecule has 11 heteroatoms. The normalized spacial score (nSPS) is 41.3. The molecule has 1 aromatic carbocycles. The van der Waals surface area contributed by atoms with Gasteiger partial charge < -0.3 is 10.2 Å². The number of hydrogen-bond acceptors (Lipinski definition) is 5. The highest BCUT2D eigenvalue weighted by molar-refractivity contribution is 7.90. The van der Waals surface area contributed by atoms with Gasteiger partial charge in [0.2, 0.25) is 5.91 Å². The largest absolute Gasteiger partial charge is 0.416 e. The van der Waals surface area contributed by atoms with Crippen LogP contribution in [0.1, 0.15) is 91.0 Å². The number of benzene rings is 1. The number of hydrogen-bond donors (Lipinski definition) is 3. The number of sulfonamides is 1. The number of aliphatic hydroxyl groups excluding tert-OH is 2. The number of fused-ring (bicyclic) bond motifs is 5. The van der Waals surface area contributed by atoms with Crippen molar-refractivity contribution in [1.29, 1.82) is 0 Å². The Bertz CT molecular complexity index is 1320. The molecule has 0 radical (unpaired) electrons. The van der Waals surface area contributed by atoms with Crippen LogP contribution in [0.25, 0.3) is 0 Å². The summed E-state index contributed by atoms with van der Waals surface area (Å²) in [5.41, 5.74) is -1.32. The number of halogens is 4. The maximum Gasteiger partial charge on any atom is 0.416 e. The van der Waals surface area contributed by atoms with E-state index in [4.69, 9.17) is 0 Å². The molecule has 0 unspecified atom stereocenters. The molecule has 4 aliphatic rings. The van der Waals surface area contributed by atoms with Crippen molar-refractivity contribution < 1.29 is 41.0 Å². The summed E-state index contributed by atoms with van der Waals surface area (Å²) in [4.78, 5) is 12.3. The van der Waals surface area contributed by atoms with E-state index in [2.05, 4.69) is 20.8 Å². The molecule has 12 atom stereocenters. The van der Waals surface area contributed by atoms with Crippen LogP contribution < -0.4 is 4.72 Å². The van der Waals surface area contributed by atoms with Gasteiger partial charge in [-0.1, -0.05) is 34.1 Å². The molecule has 0 heterocycles. The van der Waals surface area contributed by atoms with E-state index in [0.717, 1.165) is 44.2 Å². The molecule has 0 bridgehead atoms. The predicted octanol–water partition coefficient (Wildman–Crippen LogP) is 6.50. The highest BCUT2D eigenvalue weighted by Crippen LogP contribution is 2.69. The van der Waals surface area contributed by atoms with Crippen LogP contribution in [0.2, 0.25) is 0 Å². The standard InChI is InChI=1S/C33H47F4NO5S/c1-5-21-28-29(34)25(39)15-17-32(28,4)24-14-16-31(3)22(11-12-23(31)27(24)30(21)41)18(2)6-13-26(40)38-44(42,43)20-9-7-19(8-10-20)33(35,36)37/h7-10,18,21-25,27-30,39,41H,5-6,11-17H2,1-4H3,(H,38,40)/t18-,21-,22-,23+,24+,25-,27+,28-,29+,30-,31-,32-/m1/s1. The van der Waals surface area contributed by atoms with Gasteiger partial charge in [0.1, 0.15) is 6.17 Å². The summed E-state index contributed by atoms with van der Waals surface area (Å²) in [6.07, 6.45) is -1.54. The molecule has 4 saturated carbocycles. The van der Waals surface area contributed by atoms with E-state index in [1.165, 1.54) is 0 Å². The minimum atomic E-state index is -4.60. The molecule has 1 aromatic rings. The molecule has 0 saturated heterocycles. The van der Waals surface area contributed by atoms with E-state index in [0.29, 0.717) is 31.4 Å². The first-order valence-corrected chi connectivity index (χ1v) is 17.7. The molecule has 4 aliphatic carbocycles. The molecule has 5 rings (SSSR count). The molecule has 248 valence electrons. The van der Waals surface area contributed by atoms with Crippen molar-refractivity contribution in [3.05, 3.63) is 29.8 Å². The van der Waals surface area contributed by atoms with Gasteiger partial charge in [0.05, 0.1) is 22.7 Å². The fourth-order valence-corrected chi connectivity index (χ4v) is 11.6. The molecule has 0 aliphatic heterocycles. The Labute approximate surface area is 258 Å². The number of alkyl halides is 4. The third-order valence-electron chi connectivity index (χ3n) is 12.7. The van der Waals surface area contributed by atoms with Crippen molar-refractivity contribution in [2.75, 3.05) is 0 Å². The highest BCUT2D eigenvalue weighted by atomic mass is 32.2. The third kappa shape index (κ3) is 5.61. The quantitative estimate of drug-likeness (QED) is 0.294. The van der Waals surface area contributed by atoms with Crippen LogP contribution in [0.4, 0.5) is 17.6 Å². The zero-order valence-corrected chi connectivity index (χ0v) is 26.8. The van der Waals surface area contributed by atoms with Crippen molar-refractivity contribution in [2.45, 2.75) is 115 Å². The molecule has 1 amide bonds. The second kappa shape index (κ2) is 11.8. The van der Waals surface area contributed by atoms with Crippen molar-refractivity contribution in [3.63, 3.8) is 0 Å². The van der Waals surface area contributed by atoms with Gasteiger partial charge in [-0.3, -0.25) is 4.79 Å². The lowest BCUT2D eigenvalue weighted by atomic mass is 9.41. The average molecular weight is 646 g/mol. The Morgan fingerprint density at radius 1 is 1.02 bits per heavy atom. The van der Waals surface area contributed by atoms with E-state index < -0.39 is 50.9 Å². The van der Waals surface area contributed by atoms with Crippen molar-refractivity contribution in [2.24, 2.45) is 52.3 Å². The lowest BCUT2D eigenvalue weighted by molar-refractivity contribution is -0.222. The number of rotatable bonds is 7. The van der Waals surface area contributed by atoms with Crippen molar-refractivity contribution in [1.82, 2.24) is 4.72 Å². The SMILES string of the molecule is CC[C@H]1[C@@H](O)[C@@H]2[C@H](CC[C@]3(C)[C@@H]([C@H](C)CCC(=O)NS(=O)(=O)c4ccc(C(F)(F)F)cc4)CC[C@@H]23)[C@@]2(C)CC[C@@H](O)[C@H](F)[C@@H]12. The molecule has 0 spiro atoms. The van der Waals surface area contributed by atoms with E-state index in [1.807, 2.05) is 11.6 Å². The Hall–Kier alpha value is -1.72. The zero-order valence-electron chi connectivity index (χ0n) is 26.0. The van der Waals surface area contributed by atoms with Crippen LogP contribution in [0.15, 0.2) is 29.2 Å². The number of nitrogens with one attached hydrogen (secondary N) is 1. The van der Waals surface area contributed by atoms with Gasteiger partial charge in [-0.15, -0.1) is 0 Å². The van der Waals surface area contributed by atoms with Gasteiger partial charge >= 0.3 is 6.18 Å². The van der Waals surface area contributed by atoms with Gasteiger partial charge in [0.25, 0.3) is 10.0 Å². The van der Waals surface area contributed by atoms with Gasteiger partial charge in [0, 0.05) is 12.3 Å². The maximum absolute atomic E-state index is 15.6. The summed E-state index contributed by atoms with van der Waals surface area (Å²) in [5, 5.41) is 22.2. The second-order valence-corrected chi connectivity index (χ2v) is 16.4. The zero-order chi connectivity index (χ0) is 32.4. The fraction of sp³-hybridized carbons (Fsp3) is 0.788. The van der Waals surface area contributed by atoms with Crippen LogP contribution in [0.3, 0.4) is 0 Å². The lowest BCUT2D eigenvalue weighted by Crippen LogP contribution is -2.65. The number of carbonyl (C=O) groups excluding carboxylic acids is 1. The Kier molecular flexibility index (Phi) is 9.04. The van der Waals surface area contributed by atoms with E-state index in [-0.39, 0.29) is 58.7 Å². The van der Waals surface area contributed by atoms with E-state index in [9.17, 15) is 36.6 Å². The van der Waals surface area contributed by atoms with Crippen LogP contribution in [-0.4, -0.2) is 42.9 Å². The first-order chi connectivity index (χ1) is 20.5. The first-order valence-electron chi connectivity index (χ1n) is 16.2. The van der Waals surface area contributed by atoms with Crippen molar-refractivity contribution >= 4 is 15.9 Å². The van der Waals surface area contributed by atoms with Crippen LogP contribution >= 0.6 is 0 Å². The summed E-state index contributed by atoms with van der Waals surface area (Å²) < 4.78 is 81.4. The van der Waals surface area contributed by atoms with Gasteiger partial charge in [-0.05, 0) is 116 Å². The monoisotopic (exact) mass is 645 g/mol. The number of amides is 1. The van der Waals surface area contributed by atoms with Gasteiger partial charge in [-0.2, -0.15) is 13.2 Å². The summed E-state index contributed by atoms with van der Waals surface area (Å²) >= 11 is 0. The van der Waals surface area contributed by atoms with Crippen LogP contribution in [-0.2, 0) is 21.0 Å². The minimum absolute atomic E-state index is 0.0369. The summed E-state index contributed by atoms with van der Waals surface area (Å²) in [5.74, 6) is -0.395. The first kappa shape index (κ1) is 33.6. The Morgan fingerprint density at radius 2 is 1.64 bits per heavy atom. The van der Waals surface area contributed by atoms with E-state index >= 15 is 4.39 Å². The summed E-state index contributed by atoms with van der Waals surface area (Å²) in [6, 6.07) is 3.02. The summed E-state index contributed by atoms with van der Waals surface area (Å²) in [7, 11) is -4.31. The lowest BCUT2D eigenvalue weighted by Gasteiger charge is -2.65. The van der Waals surface area contributed by atoms with Crippen LogP contribution in [0, 0.1) is 52.3 Å². The maximum atomic E-state index is 15.6. The van der Waals surface area contributed by atoms with Gasteiger partial charge in [-0.25, -0.2) is 17.5 Å². The highest BCUT2D eigenvalue weighted by Gasteiger charge is 2.66.